The van der Waals surface area contributed by atoms with E-state index < -0.39 is 0 Å². The fraction of sp³-hybridized carbons (Fsp3) is 0.273. The van der Waals surface area contributed by atoms with E-state index >= 15 is 0 Å². The van der Waals surface area contributed by atoms with E-state index in [-0.39, 0.29) is 24.2 Å². The molecule has 1 heterocycles. The summed E-state index contributed by atoms with van der Waals surface area (Å²) >= 11 is 7.35. The van der Waals surface area contributed by atoms with Gasteiger partial charge in [0.1, 0.15) is 12.4 Å². The van der Waals surface area contributed by atoms with E-state index in [9.17, 15) is 9.59 Å². The number of ether oxygens (including phenoxy) is 2. The number of aromatic nitrogens is 3. The zero-order valence-electron chi connectivity index (χ0n) is 17.7. The number of rotatable bonds is 10. The Kier molecular flexibility index (Phi) is 8.52. The maximum Gasteiger partial charge on any atom is 0.338 e. The average molecular weight is 475 g/mol. The number of carbonyl (C=O) groups is 2. The summed E-state index contributed by atoms with van der Waals surface area (Å²) in [4.78, 5) is 24.1. The van der Waals surface area contributed by atoms with Crippen molar-refractivity contribution < 1.29 is 19.1 Å². The Morgan fingerprint density at radius 2 is 1.88 bits per heavy atom. The predicted octanol–water partition coefficient (Wildman–Crippen LogP) is 4.35. The number of halogens is 1. The fourth-order valence-corrected chi connectivity index (χ4v) is 3.52. The molecule has 3 aromatic rings. The number of hydrogen-bond donors (Lipinski definition) is 1. The largest absolute Gasteiger partial charge is 0.484 e. The summed E-state index contributed by atoms with van der Waals surface area (Å²) in [6.45, 7) is 2.51. The molecule has 1 amide bonds. The van der Waals surface area contributed by atoms with Crippen LogP contribution in [0.5, 0.6) is 5.75 Å². The van der Waals surface area contributed by atoms with Crippen LogP contribution in [0.25, 0.3) is 0 Å². The quantitative estimate of drug-likeness (QED) is 0.345. The molecule has 0 bridgehead atoms. The Bertz CT molecular complexity index is 1070. The van der Waals surface area contributed by atoms with Gasteiger partial charge in [0.15, 0.2) is 11.0 Å². The molecule has 0 spiro atoms. The first kappa shape index (κ1) is 23.6. The maximum absolute atomic E-state index is 12.3. The van der Waals surface area contributed by atoms with Gasteiger partial charge < -0.3 is 19.4 Å². The highest BCUT2D eigenvalue weighted by atomic mass is 35.5. The van der Waals surface area contributed by atoms with Crippen LogP contribution in [-0.2, 0) is 23.2 Å². The molecule has 32 heavy (non-hydrogen) atoms. The van der Waals surface area contributed by atoms with Crippen LogP contribution in [0, 0.1) is 0 Å². The molecule has 8 nitrogen and oxygen atoms in total. The Morgan fingerprint density at radius 1 is 1.12 bits per heavy atom. The van der Waals surface area contributed by atoms with Gasteiger partial charge in [-0.2, -0.15) is 0 Å². The van der Waals surface area contributed by atoms with Crippen molar-refractivity contribution in [2.45, 2.75) is 25.1 Å². The molecule has 0 aliphatic carbocycles. The molecule has 2 aromatic carbocycles. The van der Waals surface area contributed by atoms with Crippen LogP contribution < -0.4 is 10.1 Å². The van der Waals surface area contributed by atoms with Crippen LogP contribution in [0.3, 0.4) is 0 Å². The minimum atomic E-state index is -0.378. The highest BCUT2D eigenvalue weighted by Crippen LogP contribution is 2.24. The van der Waals surface area contributed by atoms with Gasteiger partial charge in [0.25, 0.3) is 0 Å². The first-order chi connectivity index (χ1) is 15.5. The number of carbonyl (C=O) groups excluding carboxylic acids is 2. The summed E-state index contributed by atoms with van der Waals surface area (Å²) in [5.74, 6) is 0.747. The van der Waals surface area contributed by atoms with E-state index in [2.05, 4.69) is 15.5 Å². The zero-order chi connectivity index (χ0) is 22.9. The van der Waals surface area contributed by atoms with Crippen LogP contribution in [0.15, 0.2) is 53.7 Å². The lowest BCUT2D eigenvalue weighted by Crippen LogP contribution is -2.15. The average Bonchev–Trinajstić information content (AvgIpc) is 3.15. The number of anilines is 1. The van der Waals surface area contributed by atoms with Gasteiger partial charge in [-0.3, -0.25) is 4.79 Å². The lowest BCUT2D eigenvalue weighted by molar-refractivity contribution is -0.113. The summed E-state index contributed by atoms with van der Waals surface area (Å²) < 4.78 is 12.5. The normalized spacial score (nSPS) is 10.6. The Morgan fingerprint density at radius 3 is 2.59 bits per heavy atom. The Labute approximate surface area is 195 Å². The van der Waals surface area contributed by atoms with Gasteiger partial charge in [-0.05, 0) is 42.8 Å². The van der Waals surface area contributed by atoms with Crippen molar-refractivity contribution in [2.24, 2.45) is 7.05 Å². The molecular weight excluding hydrogens is 452 g/mol. The van der Waals surface area contributed by atoms with Gasteiger partial charge in [-0.15, -0.1) is 10.2 Å². The molecule has 0 radical (unpaired) electrons. The topological polar surface area (TPSA) is 95.3 Å². The van der Waals surface area contributed by atoms with E-state index in [0.29, 0.717) is 39.6 Å². The van der Waals surface area contributed by atoms with Crippen LogP contribution in [0.1, 0.15) is 29.5 Å². The van der Waals surface area contributed by atoms with Gasteiger partial charge in [-0.1, -0.05) is 42.4 Å². The molecule has 3 rings (SSSR count). The SMILES string of the molecule is CCCOC(=O)c1ccc(NC(=O)CSc2nnc(COc3ccccc3Cl)n2C)cc1. The van der Waals surface area contributed by atoms with Gasteiger partial charge >= 0.3 is 5.97 Å². The molecule has 0 saturated carbocycles. The van der Waals surface area contributed by atoms with Gasteiger partial charge in [0.2, 0.25) is 5.91 Å². The number of thioether (sulfide) groups is 1. The van der Waals surface area contributed by atoms with Crippen molar-refractivity contribution in [3.8, 4) is 5.75 Å². The minimum absolute atomic E-state index is 0.150. The van der Waals surface area contributed by atoms with Gasteiger partial charge in [0, 0.05) is 12.7 Å². The molecule has 0 unspecified atom stereocenters. The Hall–Kier alpha value is -3.04. The molecule has 1 N–H and O–H groups in total. The number of amides is 1. The van der Waals surface area contributed by atoms with E-state index in [0.717, 1.165) is 6.42 Å². The summed E-state index contributed by atoms with van der Waals surface area (Å²) in [6, 6.07) is 13.8. The molecule has 1 aromatic heterocycles. The monoisotopic (exact) mass is 474 g/mol. The third kappa shape index (κ3) is 6.48. The second kappa shape index (κ2) is 11.5. The van der Waals surface area contributed by atoms with E-state index in [4.69, 9.17) is 21.1 Å². The first-order valence-corrected chi connectivity index (χ1v) is 11.3. The number of esters is 1. The van der Waals surface area contributed by atoms with E-state index in [1.165, 1.54) is 11.8 Å². The number of nitrogens with one attached hydrogen (secondary N) is 1. The van der Waals surface area contributed by atoms with Crippen LogP contribution in [0.4, 0.5) is 5.69 Å². The molecule has 0 saturated heterocycles. The number of benzene rings is 2. The smallest absolute Gasteiger partial charge is 0.338 e. The highest BCUT2D eigenvalue weighted by molar-refractivity contribution is 7.99. The van der Waals surface area contributed by atoms with Crippen LogP contribution >= 0.6 is 23.4 Å². The molecule has 0 fully saturated rings. The van der Waals surface area contributed by atoms with Crippen molar-refractivity contribution in [2.75, 3.05) is 17.7 Å². The summed E-state index contributed by atoms with van der Waals surface area (Å²) in [5.41, 5.74) is 1.03. The third-order valence-corrected chi connectivity index (χ3v) is 5.62. The van der Waals surface area contributed by atoms with Crippen molar-refractivity contribution in [1.82, 2.24) is 14.8 Å². The first-order valence-electron chi connectivity index (χ1n) is 9.93. The lowest BCUT2D eigenvalue weighted by Gasteiger charge is -2.08. The molecular formula is C22H23ClN4O4S. The molecule has 0 aliphatic rings. The van der Waals surface area contributed by atoms with E-state index in [1.807, 2.05) is 26.1 Å². The van der Waals surface area contributed by atoms with Crippen LogP contribution in [-0.4, -0.2) is 39.0 Å². The molecule has 0 aliphatic heterocycles. The highest BCUT2D eigenvalue weighted by Gasteiger charge is 2.13. The van der Waals surface area contributed by atoms with Gasteiger partial charge in [0.05, 0.1) is 22.9 Å². The maximum atomic E-state index is 12.3. The standard InChI is InChI=1S/C22H23ClN4O4S/c1-3-12-30-21(29)15-8-10-16(11-9-15)24-20(28)14-32-22-26-25-19(27(22)2)13-31-18-7-5-4-6-17(18)23/h4-11H,3,12-14H2,1-2H3,(H,24,28). The summed E-state index contributed by atoms with van der Waals surface area (Å²) in [7, 11) is 1.81. The van der Waals surface area contributed by atoms with Crippen molar-refractivity contribution >= 4 is 40.9 Å². The lowest BCUT2D eigenvalue weighted by atomic mass is 10.2. The molecule has 0 atom stereocenters. The van der Waals surface area contributed by atoms with Crippen LogP contribution in [0.2, 0.25) is 5.02 Å². The van der Waals surface area contributed by atoms with Crippen molar-refractivity contribution in [3.05, 3.63) is 64.9 Å². The van der Waals surface area contributed by atoms with Crippen molar-refractivity contribution in [3.63, 3.8) is 0 Å². The second-order valence-corrected chi connectivity index (χ2v) is 8.08. The molecule has 168 valence electrons. The minimum Gasteiger partial charge on any atom is -0.484 e. The number of nitrogens with zero attached hydrogens (tertiary/aromatic N) is 3. The summed E-state index contributed by atoms with van der Waals surface area (Å²) in [5, 5.41) is 12.1. The third-order valence-electron chi connectivity index (χ3n) is 4.29. The summed E-state index contributed by atoms with van der Waals surface area (Å²) in [6.07, 6.45) is 0.763. The fourth-order valence-electron chi connectivity index (χ4n) is 2.60. The van der Waals surface area contributed by atoms with Gasteiger partial charge in [-0.25, -0.2) is 4.79 Å². The zero-order valence-corrected chi connectivity index (χ0v) is 19.3. The second-order valence-electron chi connectivity index (χ2n) is 6.73. The van der Waals surface area contributed by atoms with Crippen molar-refractivity contribution in [1.29, 1.82) is 0 Å². The van der Waals surface area contributed by atoms with E-state index in [1.54, 1.807) is 41.0 Å². The number of para-hydroxylation sites is 1. The molecule has 10 heteroatoms. The Balaban J connectivity index is 1.49. The predicted molar refractivity (Wildman–Crippen MR) is 123 cm³/mol. The number of hydrogen-bond acceptors (Lipinski definition) is 7.